The number of nitrogens with two attached hydrogens (primary N) is 1. The Morgan fingerprint density at radius 3 is 2.49 bits per heavy atom. The van der Waals surface area contributed by atoms with Crippen LogP contribution in [0.1, 0.15) is 66.2 Å². The Morgan fingerprint density at radius 1 is 1.09 bits per heavy atom. The fraction of sp³-hybridized carbons (Fsp3) is 0.577. The smallest absolute Gasteiger partial charge is 0.343 e. The molecule has 1 aromatic carbocycles. The molecule has 1 aliphatic heterocycles. The highest BCUT2D eigenvalue weighted by Crippen LogP contribution is 2.23. The third-order valence-corrected chi connectivity index (χ3v) is 7.11. The van der Waals surface area contributed by atoms with Gasteiger partial charge in [-0.1, -0.05) is 19.3 Å². The first kappa shape index (κ1) is 25.2. The number of hydrogen-bond donors (Lipinski definition) is 2. The van der Waals surface area contributed by atoms with Crippen molar-refractivity contribution in [2.75, 3.05) is 51.6 Å². The lowest BCUT2D eigenvalue weighted by molar-refractivity contribution is 0.0527. The number of benzene rings is 1. The zero-order chi connectivity index (χ0) is 24.6. The van der Waals surface area contributed by atoms with E-state index < -0.39 is 5.97 Å². The average Bonchev–Trinajstić information content (AvgIpc) is 3.29. The minimum atomic E-state index is -0.502. The molecule has 0 spiro atoms. The molecular formula is C26H38N6O3. The van der Waals surface area contributed by atoms with E-state index in [1.54, 1.807) is 31.2 Å². The van der Waals surface area contributed by atoms with Crippen LogP contribution in [0.2, 0.25) is 0 Å². The Bertz CT molecular complexity index is 975. The number of amides is 1. The highest BCUT2D eigenvalue weighted by molar-refractivity contribution is 5.95. The second kappa shape index (κ2) is 12.2. The van der Waals surface area contributed by atoms with Crippen LogP contribution >= 0.6 is 0 Å². The zero-order valence-corrected chi connectivity index (χ0v) is 20.7. The highest BCUT2D eigenvalue weighted by Gasteiger charge is 2.24. The summed E-state index contributed by atoms with van der Waals surface area (Å²) in [4.78, 5) is 29.7. The molecule has 1 aliphatic carbocycles. The zero-order valence-electron chi connectivity index (χ0n) is 20.7. The summed E-state index contributed by atoms with van der Waals surface area (Å²) in [5.41, 5.74) is 7.54. The van der Waals surface area contributed by atoms with Gasteiger partial charge in [-0.3, -0.25) is 9.69 Å². The molecule has 1 saturated carbocycles. The Morgan fingerprint density at radius 2 is 1.80 bits per heavy atom. The predicted octanol–water partition coefficient (Wildman–Crippen LogP) is 2.70. The first-order chi connectivity index (χ1) is 17.1. The van der Waals surface area contributed by atoms with Gasteiger partial charge in [0.25, 0.3) is 5.91 Å². The van der Waals surface area contributed by atoms with Crippen LogP contribution in [-0.4, -0.2) is 83.4 Å². The molecule has 2 heterocycles. The van der Waals surface area contributed by atoms with Gasteiger partial charge < -0.3 is 20.7 Å². The van der Waals surface area contributed by atoms with Crippen molar-refractivity contribution in [2.45, 2.75) is 51.5 Å². The second-order valence-corrected chi connectivity index (χ2v) is 9.40. The molecule has 2 aliphatic rings. The maximum Gasteiger partial charge on any atom is 0.343 e. The summed E-state index contributed by atoms with van der Waals surface area (Å²) in [6.45, 7) is 8.26. The Labute approximate surface area is 207 Å². The molecule has 1 amide bonds. The van der Waals surface area contributed by atoms with Crippen molar-refractivity contribution >= 4 is 17.7 Å². The van der Waals surface area contributed by atoms with E-state index in [2.05, 4.69) is 20.2 Å². The van der Waals surface area contributed by atoms with Gasteiger partial charge in [0.05, 0.1) is 18.5 Å². The molecular weight excluding hydrogens is 444 g/mol. The maximum absolute atomic E-state index is 12.6. The van der Waals surface area contributed by atoms with E-state index in [-0.39, 0.29) is 23.9 Å². The minimum absolute atomic E-state index is 0.0979. The molecule has 9 heteroatoms. The van der Waals surface area contributed by atoms with Gasteiger partial charge in [0.1, 0.15) is 11.4 Å². The van der Waals surface area contributed by atoms with Gasteiger partial charge in [-0.2, -0.15) is 5.10 Å². The predicted molar refractivity (Wildman–Crippen MR) is 136 cm³/mol. The number of anilines is 1. The van der Waals surface area contributed by atoms with Crippen LogP contribution in [0.3, 0.4) is 0 Å². The number of aromatic nitrogens is 2. The van der Waals surface area contributed by atoms with Crippen molar-refractivity contribution in [3.8, 4) is 5.69 Å². The van der Waals surface area contributed by atoms with E-state index in [0.717, 1.165) is 32.1 Å². The SMILES string of the molecule is CCOC(=O)c1cnn(-c2ccc(C(=O)NCCCN3CCN(C4CCCCC4)CC3)cc2)c1N. The number of esters is 1. The van der Waals surface area contributed by atoms with E-state index in [0.29, 0.717) is 17.8 Å². The summed E-state index contributed by atoms with van der Waals surface area (Å²) in [5.74, 6) is -0.391. The maximum atomic E-state index is 12.6. The molecule has 0 bridgehead atoms. The number of nitrogens with zero attached hydrogens (tertiary/aromatic N) is 4. The normalized spacial score (nSPS) is 17.9. The first-order valence-corrected chi connectivity index (χ1v) is 12.9. The number of nitrogens with one attached hydrogen (secondary N) is 1. The summed E-state index contributed by atoms with van der Waals surface area (Å²) in [7, 11) is 0. The van der Waals surface area contributed by atoms with Crippen LogP contribution in [0.5, 0.6) is 0 Å². The monoisotopic (exact) mass is 482 g/mol. The summed E-state index contributed by atoms with van der Waals surface area (Å²) in [6.07, 6.45) is 9.26. The van der Waals surface area contributed by atoms with Crippen molar-refractivity contribution in [1.82, 2.24) is 24.9 Å². The summed E-state index contributed by atoms with van der Waals surface area (Å²) in [6, 6.07) is 7.81. The molecule has 4 rings (SSSR count). The molecule has 3 N–H and O–H groups in total. The molecule has 9 nitrogen and oxygen atoms in total. The average molecular weight is 483 g/mol. The Balaban J connectivity index is 1.19. The fourth-order valence-electron chi connectivity index (χ4n) is 5.09. The molecule has 190 valence electrons. The topological polar surface area (TPSA) is 106 Å². The third kappa shape index (κ3) is 6.41. The molecule has 0 unspecified atom stereocenters. The molecule has 1 aromatic heterocycles. The van der Waals surface area contributed by atoms with E-state index in [9.17, 15) is 9.59 Å². The van der Waals surface area contributed by atoms with Gasteiger partial charge >= 0.3 is 5.97 Å². The number of piperazine rings is 1. The molecule has 1 saturated heterocycles. The van der Waals surface area contributed by atoms with Crippen LogP contribution in [-0.2, 0) is 4.74 Å². The van der Waals surface area contributed by atoms with E-state index in [1.807, 2.05) is 0 Å². The van der Waals surface area contributed by atoms with Gasteiger partial charge in [0, 0.05) is 44.3 Å². The van der Waals surface area contributed by atoms with Crippen molar-refractivity contribution in [3.05, 3.63) is 41.6 Å². The van der Waals surface area contributed by atoms with Crippen molar-refractivity contribution in [3.63, 3.8) is 0 Å². The molecule has 0 atom stereocenters. The van der Waals surface area contributed by atoms with Gasteiger partial charge in [-0.25, -0.2) is 9.48 Å². The summed E-state index contributed by atoms with van der Waals surface area (Å²) in [5, 5.41) is 7.20. The van der Waals surface area contributed by atoms with Crippen LogP contribution in [0.25, 0.3) is 5.69 Å². The van der Waals surface area contributed by atoms with Crippen LogP contribution < -0.4 is 11.1 Å². The van der Waals surface area contributed by atoms with Crippen LogP contribution in [0.4, 0.5) is 5.82 Å². The van der Waals surface area contributed by atoms with Crippen molar-refractivity contribution in [2.24, 2.45) is 0 Å². The van der Waals surface area contributed by atoms with Gasteiger partial charge in [-0.05, 0) is 57.0 Å². The number of nitrogen functional groups attached to an aromatic ring is 1. The lowest BCUT2D eigenvalue weighted by Gasteiger charge is -2.40. The summed E-state index contributed by atoms with van der Waals surface area (Å²) >= 11 is 0. The van der Waals surface area contributed by atoms with Crippen molar-refractivity contribution < 1.29 is 14.3 Å². The van der Waals surface area contributed by atoms with Gasteiger partial charge in [0.2, 0.25) is 0 Å². The highest BCUT2D eigenvalue weighted by atomic mass is 16.5. The van der Waals surface area contributed by atoms with E-state index >= 15 is 0 Å². The quantitative estimate of drug-likeness (QED) is 0.418. The first-order valence-electron chi connectivity index (χ1n) is 12.9. The molecule has 35 heavy (non-hydrogen) atoms. The molecule has 2 aromatic rings. The second-order valence-electron chi connectivity index (χ2n) is 9.40. The third-order valence-electron chi connectivity index (χ3n) is 7.11. The number of carbonyl (C=O) groups excluding carboxylic acids is 2. The number of rotatable bonds is 9. The minimum Gasteiger partial charge on any atom is -0.462 e. The number of hydrogen-bond acceptors (Lipinski definition) is 7. The number of ether oxygens (including phenoxy) is 1. The van der Waals surface area contributed by atoms with Crippen LogP contribution in [0, 0.1) is 0 Å². The Hall–Kier alpha value is -2.91. The fourth-order valence-corrected chi connectivity index (χ4v) is 5.09. The van der Waals surface area contributed by atoms with E-state index in [4.69, 9.17) is 10.5 Å². The largest absolute Gasteiger partial charge is 0.462 e. The standard InChI is InChI=1S/C26H38N6O3/c1-2-35-26(34)23-19-29-32(24(23)27)22-11-9-20(10-12-22)25(33)28-13-6-14-30-15-17-31(18-16-30)21-7-4-3-5-8-21/h9-12,19,21H,2-8,13-18,27H2,1H3,(H,28,33). The van der Waals surface area contributed by atoms with Crippen molar-refractivity contribution in [1.29, 1.82) is 0 Å². The van der Waals surface area contributed by atoms with Crippen LogP contribution in [0.15, 0.2) is 30.5 Å². The Kier molecular flexibility index (Phi) is 8.76. The van der Waals surface area contributed by atoms with Gasteiger partial charge in [-0.15, -0.1) is 0 Å². The lowest BCUT2D eigenvalue weighted by Crippen LogP contribution is -2.51. The lowest BCUT2D eigenvalue weighted by atomic mass is 9.94. The molecule has 2 fully saturated rings. The molecule has 0 radical (unpaired) electrons. The number of carbonyl (C=O) groups is 2. The summed E-state index contributed by atoms with van der Waals surface area (Å²) < 4.78 is 6.45. The van der Waals surface area contributed by atoms with Gasteiger partial charge in [0.15, 0.2) is 0 Å². The van der Waals surface area contributed by atoms with E-state index in [1.165, 1.54) is 56.1 Å².